The molecule has 138 valence electrons. The van der Waals surface area contributed by atoms with Crippen molar-refractivity contribution in [2.24, 2.45) is 0 Å². The third-order valence-corrected chi connectivity index (χ3v) is 3.88. The molecule has 0 saturated heterocycles. The van der Waals surface area contributed by atoms with Crippen molar-refractivity contribution in [2.45, 2.75) is 13.3 Å². The lowest BCUT2D eigenvalue weighted by Crippen LogP contribution is -2.11. The monoisotopic (exact) mass is 365 g/mol. The summed E-state index contributed by atoms with van der Waals surface area (Å²) < 4.78 is 10.4. The van der Waals surface area contributed by atoms with Crippen LogP contribution < -0.4 is 5.32 Å². The number of rotatable bonds is 6. The Hall–Kier alpha value is -3.54. The van der Waals surface area contributed by atoms with Gasteiger partial charge < -0.3 is 19.6 Å². The Morgan fingerprint density at radius 3 is 2.44 bits per heavy atom. The Bertz CT molecular complexity index is 926. The van der Waals surface area contributed by atoms with Gasteiger partial charge in [0.15, 0.2) is 0 Å². The maximum atomic E-state index is 12.4. The van der Waals surface area contributed by atoms with Gasteiger partial charge in [-0.05, 0) is 55.0 Å². The predicted molar refractivity (Wildman–Crippen MR) is 101 cm³/mol. The van der Waals surface area contributed by atoms with Crippen LogP contribution in [0, 0.1) is 0 Å². The number of ether oxygens (including phenoxy) is 1. The summed E-state index contributed by atoms with van der Waals surface area (Å²) in [5, 5.41) is 12.1. The SMILES string of the molecule is CCOC(=O)Cc1ccc(NC(=O)c2coc(-c3ccc(O)cc3)c2)cc1. The zero-order valence-electron chi connectivity index (χ0n) is 14.8. The Kier molecular flexibility index (Phi) is 5.56. The van der Waals surface area contributed by atoms with Crippen LogP contribution in [0.25, 0.3) is 11.3 Å². The summed E-state index contributed by atoms with van der Waals surface area (Å²) in [6.45, 7) is 2.11. The van der Waals surface area contributed by atoms with Gasteiger partial charge in [0, 0.05) is 11.3 Å². The molecule has 0 aliphatic carbocycles. The molecule has 0 unspecified atom stereocenters. The smallest absolute Gasteiger partial charge is 0.310 e. The third kappa shape index (κ3) is 4.76. The Morgan fingerprint density at radius 2 is 1.78 bits per heavy atom. The number of phenolic OH excluding ortho intramolecular Hbond substituents is 1. The van der Waals surface area contributed by atoms with Crippen molar-refractivity contribution in [1.29, 1.82) is 0 Å². The van der Waals surface area contributed by atoms with Crippen LogP contribution in [0.5, 0.6) is 5.75 Å². The summed E-state index contributed by atoms with van der Waals surface area (Å²) in [5.41, 5.74) is 2.56. The summed E-state index contributed by atoms with van der Waals surface area (Å²) in [6.07, 6.45) is 1.58. The van der Waals surface area contributed by atoms with E-state index in [0.29, 0.717) is 23.6 Å². The Balaban J connectivity index is 1.63. The molecule has 1 amide bonds. The molecule has 0 fully saturated rings. The standard InChI is InChI=1S/C21H19NO5/c1-2-26-20(24)11-14-3-7-17(8-4-14)22-21(25)16-12-19(27-13-16)15-5-9-18(23)10-6-15/h3-10,12-13,23H,2,11H2,1H3,(H,22,25). The minimum Gasteiger partial charge on any atom is -0.508 e. The minimum atomic E-state index is -0.304. The molecular weight excluding hydrogens is 346 g/mol. The highest BCUT2D eigenvalue weighted by Crippen LogP contribution is 2.24. The van der Waals surface area contributed by atoms with Gasteiger partial charge in [-0.25, -0.2) is 0 Å². The van der Waals surface area contributed by atoms with E-state index in [1.807, 2.05) is 0 Å². The van der Waals surface area contributed by atoms with E-state index >= 15 is 0 Å². The fraction of sp³-hybridized carbons (Fsp3) is 0.143. The Morgan fingerprint density at radius 1 is 1.07 bits per heavy atom. The van der Waals surface area contributed by atoms with Crippen molar-refractivity contribution >= 4 is 17.6 Å². The van der Waals surface area contributed by atoms with Crippen molar-refractivity contribution in [2.75, 3.05) is 11.9 Å². The second kappa shape index (κ2) is 8.23. The van der Waals surface area contributed by atoms with Gasteiger partial charge in [0.05, 0.1) is 18.6 Å². The summed E-state index contributed by atoms with van der Waals surface area (Å²) in [7, 11) is 0. The molecule has 3 rings (SSSR count). The predicted octanol–water partition coefficient (Wildman–Crippen LogP) is 4.01. The van der Waals surface area contributed by atoms with Gasteiger partial charge in [-0.15, -0.1) is 0 Å². The molecule has 2 aromatic carbocycles. The molecule has 6 nitrogen and oxygen atoms in total. The average molecular weight is 365 g/mol. The van der Waals surface area contributed by atoms with E-state index in [-0.39, 0.29) is 24.0 Å². The van der Waals surface area contributed by atoms with Gasteiger partial charge in [-0.2, -0.15) is 0 Å². The molecule has 0 spiro atoms. The highest BCUT2D eigenvalue weighted by atomic mass is 16.5. The zero-order valence-corrected chi connectivity index (χ0v) is 14.8. The molecule has 0 aliphatic rings. The molecule has 27 heavy (non-hydrogen) atoms. The first-order valence-corrected chi connectivity index (χ1v) is 8.49. The Labute approximate surface area is 156 Å². The van der Waals surface area contributed by atoms with Crippen LogP contribution >= 0.6 is 0 Å². The number of amides is 1. The fourth-order valence-corrected chi connectivity index (χ4v) is 2.52. The number of hydrogen-bond donors (Lipinski definition) is 2. The topological polar surface area (TPSA) is 88.8 Å². The first kappa shape index (κ1) is 18.3. The lowest BCUT2D eigenvalue weighted by atomic mass is 10.1. The maximum Gasteiger partial charge on any atom is 0.310 e. The average Bonchev–Trinajstić information content (AvgIpc) is 3.14. The molecule has 2 N–H and O–H groups in total. The van der Waals surface area contributed by atoms with E-state index in [1.165, 1.54) is 6.26 Å². The van der Waals surface area contributed by atoms with Crippen molar-refractivity contribution < 1.29 is 23.8 Å². The van der Waals surface area contributed by atoms with Crippen LogP contribution in [-0.4, -0.2) is 23.6 Å². The van der Waals surface area contributed by atoms with Crippen LogP contribution in [0.15, 0.2) is 65.3 Å². The molecule has 0 saturated carbocycles. The van der Waals surface area contributed by atoms with E-state index < -0.39 is 0 Å². The summed E-state index contributed by atoms with van der Waals surface area (Å²) >= 11 is 0. The van der Waals surface area contributed by atoms with E-state index in [1.54, 1.807) is 61.5 Å². The van der Waals surface area contributed by atoms with Crippen LogP contribution in [0.3, 0.4) is 0 Å². The van der Waals surface area contributed by atoms with E-state index in [0.717, 1.165) is 11.1 Å². The largest absolute Gasteiger partial charge is 0.508 e. The molecule has 0 bridgehead atoms. The van der Waals surface area contributed by atoms with Gasteiger partial charge in [0.2, 0.25) is 0 Å². The molecule has 0 radical (unpaired) electrons. The molecular formula is C21H19NO5. The molecule has 0 atom stereocenters. The lowest BCUT2D eigenvalue weighted by molar-refractivity contribution is -0.142. The number of aromatic hydroxyl groups is 1. The van der Waals surface area contributed by atoms with E-state index in [9.17, 15) is 14.7 Å². The van der Waals surface area contributed by atoms with Gasteiger partial charge in [-0.1, -0.05) is 12.1 Å². The van der Waals surface area contributed by atoms with Crippen LogP contribution in [-0.2, 0) is 16.0 Å². The molecule has 1 heterocycles. The van der Waals surface area contributed by atoms with E-state index in [2.05, 4.69) is 5.32 Å². The number of nitrogens with one attached hydrogen (secondary N) is 1. The zero-order chi connectivity index (χ0) is 19.2. The van der Waals surface area contributed by atoms with Gasteiger partial charge in [0.1, 0.15) is 17.8 Å². The van der Waals surface area contributed by atoms with Crippen LogP contribution in [0.2, 0.25) is 0 Å². The maximum absolute atomic E-state index is 12.4. The van der Waals surface area contributed by atoms with Crippen LogP contribution in [0.4, 0.5) is 5.69 Å². The van der Waals surface area contributed by atoms with E-state index in [4.69, 9.17) is 9.15 Å². The van der Waals surface area contributed by atoms with Gasteiger partial charge in [0.25, 0.3) is 5.91 Å². The first-order chi connectivity index (χ1) is 13.0. The van der Waals surface area contributed by atoms with Crippen molar-refractivity contribution in [3.8, 4) is 17.1 Å². The molecule has 3 aromatic rings. The number of carbonyl (C=O) groups is 2. The first-order valence-electron chi connectivity index (χ1n) is 8.49. The number of carbonyl (C=O) groups excluding carboxylic acids is 2. The molecule has 1 aromatic heterocycles. The minimum absolute atomic E-state index is 0.162. The number of phenols is 1. The van der Waals surface area contributed by atoms with Crippen LogP contribution in [0.1, 0.15) is 22.8 Å². The number of anilines is 1. The summed E-state index contributed by atoms with van der Waals surface area (Å²) in [6, 6.07) is 15.1. The highest BCUT2D eigenvalue weighted by Gasteiger charge is 2.12. The summed E-state index contributed by atoms with van der Waals surface area (Å²) in [5.74, 6) is 0.107. The van der Waals surface area contributed by atoms with Gasteiger partial charge >= 0.3 is 5.97 Å². The molecule has 6 heteroatoms. The number of esters is 1. The number of hydrogen-bond acceptors (Lipinski definition) is 5. The quantitative estimate of drug-likeness (QED) is 0.644. The fourth-order valence-electron chi connectivity index (χ4n) is 2.52. The van der Waals surface area contributed by atoms with Crippen molar-refractivity contribution in [3.05, 3.63) is 72.0 Å². The van der Waals surface area contributed by atoms with Gasteiger partial charge in [-0.3, -0.25) is 9.59 Å². The second-order valence-corrected chi connectivity index (χ2v) is 5.88. The normalized spacial score (nSPS) is 10.4. The molecule has 0 aliphatic heterocycles. The second-order valence-electron chi connectivity index (χ2n) is 5.88. The number of benzene rings is 2. The lowest BCUT2D eigenvalue weighted by Gasteiger charge is -2.05. The highest BCUT2D eigenvalue weighted by molar-refractivity contribution is 6.04. The summed E-state index contributed by atoms with van der Waals surface area (Å²) in [4.78, 5) is 23.9. The van der Waals surface area contributed by atoms with Crippen molar-refractivity contribution in [3.63, 3.8) is 0 Å². The van der Waals surface area contributed by atoms with Crippen molar-refractivity contribution in [1.82, 2.24) is 0 Å². The third-order valence-electron chi connectivity index (χ3n) is 3.88. The number of furan rings is 1.